The molecule has 6 heteroatoms. The van der Waals surface area contributed by atoms with E-state index in [-0.39, 0.29) is 12.5 Å². The Morgan fingerprint density at radius 3 is 2.68 bits per heavy atom. The molecular weight excluding hydrogens is 268 g/mol. The van der Waals surface area contributed by atoms with Gasteiger partial charge in [-0.15, -0.1) is 0 Å². The lowest BCUT2D eigenvalue weighted by atomic mass is 10.2. The van der Waals surface area contributed by atoms with Gasteiger partial charge in [0, 0.05) is 10.7 Å². The van der Waals surface area contributed by atoms with Gasteiger partial charge in [0.2, 0.25) is 5.91 Å². The summed E-state index contributed by atoms with van der Waals surface area (Å²) in [6, 6.07) is 6.24. The third-order valence-electron chi connectivity index (χ3n) is 3.12. The topological polar surface area (TPSA) is 69.6 Å². The van der Waals surface area contributed by atoms with E-state index in [4.69, 9.17) is 16.7 Å². The molecule has 0 bridgehead atoms. The minimum Gasteiger partial charge on any atom is -0.480 e. The molecule has 1 heterocycles. The molecule has 1 atom stereocenters. The molecule has 1 aromatic carbocycles. The third-order valence-corrected chi connectivity index (χ3v) is 3.38. The summed E-state index contributed by atoms with van der Waals surface area (Å²) in [5, 5.41) is 12.4. The van der Waals surface area contributed by atoms with Crippen LogP contribution < -0.4 is 5.32 Å². The summed E-state index contributed by atoms with van der Waals surface area (Å²) in [6.07, 6.45) is 1.41. The van der Waals surface area contributed by atoms with Crippen molar-refractivity contribution in [1.29, 1.82) is 0 Å². The Hall–Kier alpha value is -1.59. The lowest BCUT2D eigenvalue weighted by Crippen LogP contribution is -2.40. The number of carboxylic acids is 1. The van der Waals surface area contributed by atoms with Gasteiger partial charge in [-0.05, 0) is 43.7 Å². The largest absolute Gasteiger partial charge is 0.480 e. The second-order valence-electron chi connectivity index (χ2n) is 4.52. The Morgan fingerprint density at radius 1 is 1.37 bits per heavy atom. The minimum absolute atomic E-state index is 0.0968. The number of carboxylic acid groups (broad SMARTS) is 1. The summed E-state index contributed by atoms with van der Waals surface area (Å²) in [7, 11) is 0. The van der Waals surface area contributed by atoms with Gasteiger partial charge in [0.1, 0.15) is 6.04 Å². The van der Waals surface area contributed by atoms with E-state index >= 15 is 0 Å². The van der Waals surface area contributed by atoms with E-state index in [0.29, 0.717) is 23.7 Å². The average Bonchev–Trinajstić information content (AvgIpc) is 2.80. The Kier molecular flexibility index (Phi) is 4.39. The number of nitrogens with zero attached hydrogens (tertiary/aromatic N) is 1. The zero-order valence-corrected chi connectivity index (χ0v) is 11.1. The van der Waals surface area contributed by atoms with Gasteiger partial charge in [-0.1, -0.05) is 11.6 Å². The van der Waals surface area contributed by atoms with Crippen molar-refractivity contribution in [2.75, 3.05) is 18.4 Å². The van der Waals surface area contributed by atoms with E-state index in [2.05, 4.69) is 5.32 Å². The molecule has 19 heavy (non-hydrogen) atoms. The van der Waals surface area contributed by atoms with E-state index in [1.807, 2.05) is 0 Å². The number of carbonyl (C=O) groups excluding carboxylic acids is 1. The van der Waals surface area contributed by atoms with Crippen LogP contribution in [0.25, 0.3) is 0 Å². The fourth-order valence-electron chi connectivity index (χ4n) is 2.21. The summed E-state index contributed by atoms with van der Waals surface area (Å²) in [5.41, 5.74) is 0.653. The summed E-state index contributed by atoms with van der Waals surface area (Å²) < 4.78 is 0. The van der Waals surface area contributed by atoms with Crippen molar-refractivity contribution < 1.29 is 14.7 Å². The van der Waals surface area contributed by atoms with Crippen LogP contribution in [0.15, 0.2) is 24.3 Å². The van der Waals surface area contributed by atoms with Crippen LogP contribution >= 0.6 is 11.6 Å². The molecule has 1 fully saturated rings. The van der Waals surface area contributed by atoms with Crippen molar-refractivity contribution in [3.8, 4) is 0 Å². The number of rotatable bonds is 4. The average molecular weight is 283 g/mol. The van der Waals surface area contributed by atoms with Gasteiger partial charge in [-0.25, -0.2) is 0 Å². The van der Waals surface area contributed by atoms with Crippen LogP contribution in [0.4, 0.5) is 5.69 Å². The summed E-state index contributed by atoms with van der Waals surface area (Å²) in [4.78, 5) is 24.5. The molecular formula is C13H15ClN2O3. The first-order valence-electron chi connectivity index (χ1n) is 6.08. The predicted molar refractivity (Wildman–Crippen MR) is 72.3 cm³/mol. The van der Waals surface area contributed by atoms with Crippen LogP contribution in [0.1, 0.15) is 12.8 Å². The van der Waals surface area contributed by atoms with E-state index in [1.54, 1.807) is 29.2 Å². The summed E-state index contributed by atoms with van der Waals surface area (Å²) in [6.45, 7) is 0.741. The van der Waals surface area contributed by atoms with Crippen LogP contribution in [-0.4, -0.2) is 41.0 Å². The number of nitrogens with one attached hydrogen (secondary N) is 1. The van der Waals surface area contributed by atoms with E-state index in [9.17, 15) is 9.59 Å². The fourth-order valence-corrected chi connectivity index (χ4v) is 2.34. The van der Waals surface area contributed by atoms with Gasteiger partial charge in [0.25, 0.3) is 0 Å². The quantitative estimate of drug-likeness (QED) is 0.884. The molecule has 1 amide bonds. The first-order chi connectivity index (χ1) is 9.06. The van der Waals surface area contributed by atoms with Crippen molar-refractivity contribution in [2.45, 2.75) is 18.9 Å². The Bertz CT molecular complexity index is 475. The number of anilines is 1. The Balaban J connectivity index is 1.90. The maximum atomic E-state index is 11.8. The number of hydrogen-bond donors (Lipinski definition) is 2. The summed E-state index contributed by atoms with van der Waals surface area (Å²) in [5.74, 6) is -1.08. The normalized spacial score (nSPS) is 19.3. The van der Waals surface area contributed by atoms with Crippen molar-refractivity contribution in [3.63, 3.8) is 0 Å². The highest BCUT2D eigenvalue weighted by atomic mass is 35.5. The highest BCUT2D eigenvalue weighted by Gasteiger charge is 2.31. The molecule has 2 rings (SSSR count). The van der Waals surface area contributed by atoms with Crippen LogP contribution in [0.2, 0.25) is 5.02 Å². The van der Waals surface area contributed by atoms with E-state index in [1.165, 1.54) is 0 Å². The molecule has 102 valence electrons. The van der Waals surface area contributed by atoms with Crippen LogP contribution in [0, 0.1) is 0 Å². The molecule has 0 radical (unpaired) electrons. The van der Waals surface area contributed by atoms with Gasteiger partial charge in [0.15, 0.2) is 0 Å². The number of halogens is 1. The molecule has 5 nitrogen and oxygen atoms in total. The highest BCUT2D eigenvalue weighted by Crippen LogP contribution is 2.17. The molecule has 0 aliphatic carbocycles. The Labute approximate surface area is 116 Å². The first-order valence-corrected chi connectivity index (χ1v) is 6.46. The molecule has 1 aliphatic heterocycles. The number of likely N-dealkylation sites (tertiary alicyclic amines) is 1. The Morgan fingerprint density at radius 2 is 2.05 bits per heavy atom. The molecule has 2 N–H and O–H groups in total. The maximum absolute atomic E-state index is 11.8. The van der Waals surface area contributed by atoms with Gasteiger partial charge in [-0.3, -0.25) is 14.5 Å². The SMILES string of the molecule is O=C(CN1CCCC1C(=O)O)Nc1ccc(Cl)cc1. The van der Waals surface area contributed by atoms with Gasteiger partial charge in [0.05, 0.1) is 6.54 Å². The highest BCUT2D eigenvalue weighted by molar-refractivity contribution is 6.30. The monoisotopic (exact) mass is 282 g/mol. The van der Waals surface area contributed by atoms with Crippen molar-refractivity contribution in [1.82, 2.24) is 4.90 Å². The molecule has 0 saturated carbocycles. The number of carbonyl (C=O) groups is 2. The number of hydrogen-bond acceptors (Lipinski definition) is 3. The molecule has 0 spiro atoms. The lowest BCUT2D eigenvalue weighted by molar-refractivity contribution is -0.142. The van der Waals surface area contributed by atoms with Crippen LogP contribution in [-0.2, 0) is 9.59 Å². The van der Waals surface area contributed by atoms with E-state index < -0.39 is 12.0 Å². The van der Waals surface area contributed by atoms with E-state index in [0.717, 1.165) is 6.42 Å². The van der Waals surface area contributed by atoms with Crippen LogP contribution in [0.5, 0.6) is 0 Å². The number of amides is 1. The molecule has 1 aliphatic rings. The van der Waals surface area contributed by atoms with Crippen molar-refractivity contribution in [2.24, 2.45) is 0 Å². The smallest absolute Gasteiger partial charge is 0.320 e. The fraction of sp³-hybridized carbons (Fsp3) is 0.385. The van der Waals surface area contributed by atoms with Gasteiger partial charge >= 0.3 is 5.97 Å². The molecule has 1 unspecified atom stereocenters. The predicted octanol–water partition coefficient (Wildman–Crippen LogP) is 1.83. The summed E-state index contributed by atoms with van der Waals surface area (Å²) >= 11 is 5.75. The number of aliphatic carboxylic acids is 1. The van der Waals surface area contributed by atoms with Crippen molar-refractivity contribution >= 4 is 29.2 Å². The zero-order valence-electron chi connectivity index (χ0n) is 10.3. The van der Waals surface area contributed by atoms with Crippen LogP contribution in [0.3, 0.4) is 0 Å². The lowest BCUT2D eigenvalue weighted by Gasteiger charge is -2.20. The maximum Gasteiger partial charge on any atom is 0.320 e. The first kappa shape index (κ1) is 13.8. The molecule has 1 saturated heterocycles. The molecule has 1 aromatic rings. The molecule has 0 aromatic heterocycles. The standard InChI is InChI=1S/C13H15ClN2O3/c14-9-3-5-10(6-4-9)15-12(17)8-16-7-1-2-11(16)13(18)19/h3-6,11H,1-2,7-8H2,(H,15,17)(H,18,19). The second-order valence-corrected chi connectivity index (χ2v) is 4.96. The van der Waals surface area contributed by atoms with Crippen molar-refractivity contribution in [3.05, 3.63) is 29.3 Å². The minimum atomic E-state index is -0.864. The second kappa shape index (κ2) is 6.04. The zero-order chi connectivity index (χ0) is 13.8. The van der Waals surface area contributed by atoms with Gasteiger partial charge in [-0.2, -0.15) is 0 Å². The number of benzene rings is 1. The van der Waals surface area contributed by atoms with Gasteiger partial charge < -0.3 is 10.4 Å². The third kappa shape index (κ3) is 3.68.